The van der Waals surface area contributed by atoms with Crippen molar-refractivity contribution in [2.24, 2.45) is 0 Å². The Balaban J connectivity index is 1.82. The maximum atomic E-state index is 12.3. The molecular formula is C17H17N3O2. The Bertz CT molecular complexity index is 824. The molecule has 5 nitrogen and oxygen atoms in total. The van der Waals surface area contributed by atoms with Crippen molar-refractivity contribution in [3.8, 4) is 0 Å². The number of para-hydroxylation sites is 1. The van der Waals surface area contributed by atoms with Gasteiger partial charge in [-0.15, -0.1) is 0 Å². The maximum absolute atomic E-state index is 12.3. The largest absolute Gasteiger partial charge is 0.392 e. The van der Waals surface area contributed by atoms with Crippen LogP contribution in [0.3, 0.4) is 0 Å². The molecule has 3 aromatic rings. The van der Waals surface area contributed by atoms with Crippen molar-refractivity contribution < 1.29 is 9.90 Å². The summed E-state index contributed by atoms with van der Waals surface area (Å²) < 4.78 is 1.93. The number of nitrogens with zero attached hydrogens (tertiary/aromatic N) is 2. The summed E-state index contributed by atoms with van der Waals surface area (Å²) in [6.45, 7) is 2.11. The van der Waals surface area contributed by atoms with Gasteiger partial charge in [-0.1, -0.05) is 18.2 Å². The number of rotatable bonds is 4. The first kappa shape index (κ1) is 14.3. The zero-order valence-electron chi connectivity index (χ0n) is 12.3. The zero-order chi connectivity index (χ0) is 15.5. The number of aliphatic hydroxyl groups is 1. The number of fused-ring (bicyclic) bond motifs is 1. The lowest BCUT2D eigenvalue weighted by Gasteiger charge is -2.10. The number of carbonyl (C=O) groups is 1. The molecule has 0 saturated heterocycles. The number of pyridine rings is 1. The van der Waals surface area contributed by atoms with E-state index in [1.807, 2.05) is 42.0 Å². The van der Waals surface area contributed by atoms with E-state index in [0.29, 0.717) is 11.3 Å². The van der Waals surface area contributed by atoms with Crippen LogP contribution in [0.4, 0.5) is 5.69 Å². The maximum Gasteiger partial charge on any atom is 0.244 e. The van der Waals surface area contributed by atoms with Crippen LogP contribution in [0.25, 0.3) is 10.9 Å². The molecule has 0 unspecified atom stereocenters. The summed E-state index contributed by atoms with van der Waals surface area (Å²) >= 11 is 0. The second kappa shape index (κ2) is 5.99. The van der Waals surface area contributed by atoms with Crippen LogP contribution in [0.2, 0.25) is 0 Å². The van der Waals surface area contributed by atoms with Gasteiger partial charge < -0.3 is 15.0 Å². The molecule has 2 heterocycles. The molecule has 0 atom stereocenters. The van der Waals surface area contributed by atoms with E-state index in [1.54, 1.807) is 18.5 Å². The van der Waals surface area contributed by atoms with Crippen LogP contribution in [0, 0.1) is 6.92 Å². The summed E-state index contributed by atoms with van der Waals surface area (Å²) in [6.07, 6.45) is 5.10. The Labute approximate surface area is 128 Å². The number of aromatic nitrogens is 2. The summed E-state index contributed by atoms with van der Waals surface area (Å²) in [5.41, 5.74) is 3.37. The van der Waals surface area contributed by atoms with E-state index in [4.69, 9.17) is 0 Å². The highest BCUT2D eigenvalue weighted by atomic mass is 16.3. The Morgan fingerprint density at radius 1 is 1.32 bits per heavy atom. The topological polar surface area (TPSA) is 67.2 Å². The predicted octanol–water partition coefficient (Wildman–Crippen LogP) is 2.48. The Morgan fingerprint density at radius 2 is 2.14 bits per heavy atom. The standard InChI is InChI=1S/C17H17N3O2/c1-12-9-20(16-5-3-2-4-14(12)16)10-17(22)19-15-8-18-7-6-13(15)11-21/h2-9,21H,10-11H2,1H3,(H,19,22). The van der Waals surface area contributed by atoms with Crippen LogP contribution in [0.1, 0.15) is 11.1 Å². The Kier molecular flexibility index (Phi) is 3.89. The lowest BCUT2D eigenvalue weighted by Crippen LogP contribution is -2.19. The van der Waals surface area contributed by atoms with Gasteiger partial charge in [-0.3, -0.25) is 9.78 Å². The number of hydrogen-bond donors (Lipinski definition) is 2. The van der Waals surface area contributed by atoms with Gasteiger partial charge in [0.1, 0.15) is 6.54 Å². The SMILES string of the molecule is Cc1cn(CC(=O)Nc2cnccc2CO)c2ccccc12. The van der Waals surface area contributed by atoms with Crippen LogP contribution >= 0.6 is 0 Å². The number of aliphatic hydroxyl groups excluding tert-OH is 1. The van der Waals surface area contributed by atoms with Crippen molar-refractivity contribution in [2.75, 3.05) is 5.32 Å². The number of benzene rings is 1. The number of aryl methyl sites for hydroxylation is 1. The van der Waals surface area contributed by atoms with Crippen LogP contribution in [-0.2, 0) is 17.9 Å². The van der Waals surface area contributed by atoms with Crippen molar-refractivity contribution in [3.63, 3.8) is 0 Å². The number of amides is 1. The van der Waals surface area contributed by atoms with Crippen molar-refractivity contribution in [2.45, 2.75) is 20.1 Å². The minimum absolute atomic E-state index is 0.135. The van der Waals surface area contributed by atoms with Gasteiger partial charge in [0.05, 0.1) is 18.5 Å². The summed E-state index contributed by atoms with van der Waals surface area (Å²) in [6, 6.07) is 9.68. The molecule has 1 amide bonds. The van der Waals surface area contributed by atoms with E-state index in [0.717, 1.165) is 16.5 Å². The van der Waals surface area contributed by atoms with Crippen LogP contribution < -0.4 is 5.32 Å². The molecule has 1 aromatic carbocycles. The highest BCUT2D eigenvalue weighted by molar-refractivity contribution is 5.93. The molecule has 2 N–H and O–H groups in total. The van der Waals surface area contributed by atoms with Crippen molar-refractivity contribution in [3.05, 3.63) is 60.0 Å². The first-order valence-corrected chi connectivity index (χ1v) is 7.07. The lowest BCUT2D eigenvalue weighted by atomic mass is 10.2. The number of hydrogen-bond acceptors (Lipinski definition) is 3. The van der Waals surface area contributed by atoms with E-state index in [9.17, 15) is 9.90 Å². The predicted molar refractivity (Wildman–Crippen MR) is 85.5 cm³/mol. The fourth-order valence-electron chi connectivity index (χ4n) is 2.58. The summed E-state index contributed by atoms with van der Waals surface area (Å²) in [4.78, 5) is 16.2. The number of nitrogens with one attached hydrogen (secondary N) is 1. The molecular weight excluding hydrogens is 278 g/mol. The molecule has 22 heavy (non-hydrogen) atoms. The van der Waals surface area contributed by atoms with Gasteiger partial charge in [-0.05, 0) is 24.6 Å². The highest BCUT2D eigenvalue weighted by Gasteiger charge is 2.10. The molecule has 0 aliphatic rings. The van der Waals surface area contributed by atoms with Crippen LogP contribution in [0.5, 0.6) is 0 Å². The molecule has 0 bridgehead atoms. The van der Waals surface area contributed by atoms with Gasteiger partial charge in [-0.2, -0.15) is 0 Å². The Hall–Kier alpha value is -2.66. The van der Waals surface area contributed by atoms with Crippen LogP contribution in [0.15, 0.2) is 48.9 Å². The molecule has 0 radical (unpaired) electrons. The zero-order valence-corrected chi connectivity index (χ0v) is 12.3. The smallest absolute Gasteiger partial charge is 0.244 e. The van der Waals surface area contributed by atoms with Gasteiger partial charge in [0.15, 0.2) is 0 Å². The highest BCUT2D eigenvalue weighted by Crippen LogP contribution is 2.20. The first-order chi connectivity index (χ1) is 10.7. The van der Waals surface area contributed by atoms with Gasteiger partial charge >= 0.3 is 0 Å². The molecule has 0 spiro atoms. The van der Waals surface area contributed by atoms with E-state index in [-0.39, 0.29) is 19.1 Å². The third kappa shape index (κ3) is 2.71. The lowest BCUT2D eigenvalue weighted by molar-refractivity contribution is -0.116. The second-order valence-electron chi connectivity index (χ2n) is 5.20. The van der Waals surface area contributed by atoms with Crippen molar-refractivity contribution in [1.82, 2.24) is 9.55 Å². The quantitative estimate of drug-likeness (QED) is 0.777. The molecule has 3 rings (SSSR count). The molecule has 5 heteroatoms. The fraction of sp³-hybridized carbons (Fsp3) is 0.176. The van der Waals surface area contributed by atoms with Crippen molar-refractivity contribution in [1.29, 1.82) is 0 Å². The molecule has 0 saturated carbocycles. The fourth-order valence-corrected chi connectivity index (χ4v) is 2.58. The van der Waals surface area contributed by atoms with E-state index < -0.39 is 0 Å². The van der Waals surface area contributed by atoms with E-state index in [1.165, 1.54) is 0 Å². The Morgan fingerprint density at radius 3 is 2.95 bits per heavy atom. The number of carbonyl (C=O) groups excluding carboxylic acids is 1. The first-order valence-electron chi connectivity index (χ1n) is 7.07. The third-order valence-corrected chi connectivity index (χ3v) is 3.66. The molecule has 0 aliphatic carbocycles. The van der Waals surface area contributed by atoms with Gasteiger partial charge in [-0.25, -0.2) is 0 Å². The average Bonchev–Trinajstić information content (AvgIpc) is 2.84. The van der Waals surface area contributed by atoms with Gasteiger partial charge in [0.2, 0.25) is 5.91 Å². The number of anilines is 1. The van der Waals surface area contributed by atoms with E-state index in [2.05, 4.69) is 10.3 Å². The molecule has 2 aromatic heterocycles. The minimum Gasteiger partial charge on any atom is -0.392 e. The monoisotopic (exact) mass is 295 g/mol. The second-order valence-corrected chi connectivity index (χ2v) is 5.20. The van der Waals surface area contributed by atoms with E-state index >= 15 is 0 Å². The van der Waals surface area contributed by atoms with Crippen molar-refractivity contribution >= 4 is 22.5 Å². The molecule has 0 fully saturated rings. The van der Waals surface area contributed by atoms with Gasteiger partial charge in [0.25, 0.3) is 0 Å². The molecule has 0 aliphatic heterocycles. The summed E-state index contributed by atoms with van der Waals surface area (Å²) in [5.74, 6) is -0.150. The average molecular weight is 295 g/mol. The van der Waals surface area contributed by atoms with Gasteiger partial charge in [0, 0.05) is 28.9 Å². The normalized spacial score (nSPS) is 10.8. The third-order valence-electron chi connectivity index (χ3n) is 3.66. The van der Waals surface area contributed by atoms with Crippen LogP contribution in [-0.4, -0.2) is 20.6 Å². The molecule has 112 valence electrons. The summed E-state index contributed by atoms with van der Waals surface area (Å²) in [7, 11) is 0. The minimum atomic E-state index is -0.150. The summed E-state index contributed by atoms with van der Waals surface area (Å²) in [5, 5.41) is 13.2.